The van der Waals surface area contributed by atoms with Crippen LogP contribution in [0.15, 0.2) is 60.8 Å². The van der Waals surface area contributed by atoms with E-state index in [0.717, 1.165) is 32.1 Å². The molecule has 10 heteroatoms. The van der Waals surface area contributed by atoms with Crippen LogP contribution >= 0.6 is 0 Å². The van der Waals surface area contributed by atoms with Crippen molar-refractivity contribution in [1.82, 2.24) is 0 Å². The Labute approximate surface area is 236 Å². The summed E-state index contributed by atoms with van der Waals surface area (Å²) in [7, 11) is 0. The molecule has 9 atom stereocenters. The number of rotatable bonds is 3. The second-order valence-corrected chi connectivity index (χ2v) is 10.2. The van der Waals surface area contributed by atoms with Gasteiger partial charge in [0, 0.05) is 12.5 Å². The van der Waals surface area contributed by atoms with Gasteiger partial charge in [-0.2, -0.15) is 0 Å². The Morgan fingerprint density at radius 3 is 2.40 bits per heavy atom. The Morgan fingerprint density at radius 2 is 1.62 bits per heavy atom. The molecule has 0 saturated carbocycles. The molecular formula is C30H46O10. The van der Waals surface area contributed by atoms with Crippen molar-refractivity contribution >= 4 is 5.97 Å². The first-order chi connectivity index (χ1) is 19.2. The molecule has 2 heterocycles. The Kier molecular flexibility index (Phi) is 16.2. The number of aliphatic hydroxyl groups is 6. The highest BCUT2D eigenvalue weighted by Gasteiger charge is 2.44. The molecule has 2 rings (SSSR count). The van der Waals surface area contributed by atoms with Gasteiger partial charge in [-0.05, 0) is 45.4 Å². The summed E-state index contributed by atoms with van der Waals surface area (Å²) in [5, 5.41) is 60.2. The van der Waals surface area contributed by atoms with E-state index in [2.05, 4.69) is 0 Å². The van der Waals surface area contributed by atoms with Crippen molar-refractivity contribution < 1.29 is 49.6 Å². The van der Waals surface area contributed by atoms with Crippen molar-refractivity contribution in [1.29, 1.82) is 0 Å². The molecule has 0 bridgehead atoms. The minimum Gasteiger partial charge on any atom is -0.460 e. The van der Waals surface area contributed by atoms with Gasteiger partial charge in [0.15, 0.2) is 6.29 Å². The molecule has 2 aliphatic rings. The first kappa shape index (κ1) is 34.1. The highest BCUT2D eigenvalue weighted by molar-refractivity contribution is 5.82. The van der Waals surface area contributed by atoms with Gasteiger partial charge < -0.3 is 44.8 Å². The monoisotopic (exact) mass is 566 g/mol. The third kappa shape index (κ3) is 13.0. The van der Waals surface area contributed by atoms with Crippen LogP contribution in [0.2, 0.25) is 0 Å². The van der Waals surface area contributed by atoms with E-state index >= 15 is 0 Å². The number of ether oxygens (including phenoxy) is 3. The highest BCUT2D eigenvalue weighted by atomic mass is 16.7. The molecule has 10 nitrogen and oxygen atoms in total. The van der Waals surface area contributed by atoms with Crippen LogP contribution in [0.5, 0.6) is 0 Å². The maximum absolute atomic E-state index is 12.1. The number of cyclic esters (lactones) is 1. The Hall–Kier alpha value is -2.15. The van der Waals surface area contributed by atoms with E-state index in [9.17, 15) is 35.4 Å². The average molecular weight is 567 g/mol. The summed E-state index contributed by atoms with van der Waals surface area (Å²) in [6, 6.07) is 0. The highest BCUT2D eigenvalue weighted by Crippen LogP contribution is 2.24. The molecule has 226 valence electrons. The van der Waals surface area contributed by atoms with Crippen LogP contribution in [0.1, 0.15) is 58.3 Å². The van der Waals surface area contributed by atoms with Gasteiger partial charge in [0.1, 0.15) is 24.4 Å². The lowest BCUT2D eigenvalue weighted by atomic mass is 9.99. The number of esters is 1. The van der Waals surface area contributed by atoms with E-state index in [0.29, 0.717) is 12.8 Å². The standard InChI is InChI=1S/C30H46O10/c1-21-13-7-3-2-4-8-14-22(32)19-23(33)15-9-5-10-16-24(17-11-6-12-18-26(34)38-21)39-30-29(37)28(36)27(35)25(20-31)40-30/h5-6,8-12,14,16,18,21-25,27-33,35-37H,2-4,7,13,15,17,19-20H2,1H3/b9-5+,11-6+,14-8+,16-10+,18-12-/t21-,22+,23+,24-,25-,27-,28+,29-,30-/m1/s1. The predicted molar refractivity (Wildman–Crippen MR) is 149 cm³/mol. The van der Waals surface area contributed by atoms with Crippen molar-refractivity contribution in [2.45, 2.75) is 113 Å². The van der Waals surface area contributed by atoms with Crippen molar-refractivity contribution in [2.24, 2.45) is 0 Å². The van der Waals surface area contributed by atoms with Crippen molar-refractivity contribution in [2.75, 3.05) is 6.61 Å². The molecule has 0 unspecified atom stereocenters. The Bertz CT molecular complexity index is 865. The second-order valence-electron chi connectivity index (χ2n) is 10.2. The molecule has 0 amide bonds. The quantitative estimate of drug-likeness (QED) is 0.219. The van der Waals surface area contributed by atoms with Crippen LogP contribution in [0.4, 0.5) is 0 Å². The molecule has 2 aliphatic heterocycles. The third-order valence-electron chi connectivity index (χ3n) is 6.66. The van der Waals surface area contributed by atoms with Crippen LogP contribution in [-0.2, 0) is 19.0 Å². The summed E-state index contributed by atoms with van der Waals surface area (Å²) in [6.07, 6.45) is 12.8. The lowest BCUT2D eigenvalue weighted by Gasteiger charge is -2.40. The zero-order valence-electron chi connectivity index (χ0n) is 23.1. The number of carbonyl (C=O) groups excluding carboxylic acids is 1. The minimum atomic E-state index is -1.56. The number of allylic oxidation sites excluding steroid dienone is 5. The van der Waals surface area contributed by atoms with E-state index in [4.69, 9.17) is 14.2 Å². The Morgan fingerprint density at radius 1 is 0.875 bits per heavy atom. The zero-order chi connectivity index (χ0) is 29.3. The van der Waals surface area contributed by atoms with Crippen LogP contribution < -0.4 is 0 Å². The lowest BCUT2D eigenvalue weighted by molar-refractivity contribution is -0.307. The molecule has 0 radical (unpaired) electrons. The number of hydrogen-bond acceptors (Lipinski definition) is 10. The molecule has 0 aromatic heterocycles. The lowest BCUT2D eigenvalue weighted by Crippen LogP contribution is -2.59. The van der Waals surface area contributed by atoms with Crippen LogP contribution in [0.25, 0.3) is 0 Å². The maximum Gasteiger partial charge on any atom is 0.331 e. The fourth-order valence-corrected chi connectivity index (χ4v) is 4.33. The van der Waals surface area contributed by atoms with E-state index in [1.54, 1.807) is 48.6 Å². The summed E-state index contributed by atoms with van der Waals surface area (Å²) in [5.41, 5.74) is 0. The smallest absolute Gasteiger partial charge is 0.331 e. The largest absolute Gasteiger partial charge is 0.460 e. The summed E-state index contributed by atoms with van der Waals surface area (Å²) in [4.78, 5) is 12.1. The van der Waals surface area contributed by atoms with Gasteiger partial charge >= 0.3 is 5.97 Å². The van der Waals surface area contributed by atoms with Crippen molar-refractivity contribution in [3.8, 4) is 0 Å². The van der Waals surface area contributed by atoms with Gasteiger partial charge in [0.25, 0.3) is 0 Å². The van der Waals surface area contributed by atoms with Crippen LogP contribution in [-0.4, -0.2) is 98.3 Å². The first-order valence-corrected chi connectivity index (χ1v) is 14.1. The van der Waals surface area contributed by atoms with Crippen molar-refractivity contribution in [3.05, 3.63) is 60.8 Å². The molecule has 0 aromatic rings. The van der Waals surface area contributed by atoms with Gasteiger partial charge in [-0.1, -0.05) is 61.1 Å². The Balaban J connectivity index is 2.10. The van der Waals surface area contributed by atoms with Gasteiger partial charge in [0.05, 0.1) is 31.0 Å². The van der Waals surface area contributed by atoms with Gasteiger partial charge in [0.2, 0.25) is 0 Å². The SMILES string of the molecule is C[C@@H]1CCCCC/C=C/[C@H](O)C[C@@H](O)C/C=C/C=C/[C@@H](O[C@@H]2O[C@H](CO)[C@@H](O)[C@H](O)[C@H]2O)C/C=C/C=C\C(=O)O1. The van der Waals surface area contributed by atoms with E-state index in [1.165, 1.54) is 6.08 Å². The van der Waals surface area contributed by atoms with Crippen LogP contribution in [0, 0.1) is 0 Å². The molecule has 0 aliphatic carbocycles. The summed E-state index contributed by atoms with van der Waals surface area (Å²) < 4.78 is 16.7. The fourth-order valence-electron chi connectivity index (χ4n) is 4.33. The average Bonchev–Trinajstić information content (AvgIpc) is 2.91. The van der Waals surface area contributed by atoms with Gasteiger partial charge in [-0.15, -0.1) is 0 Å². The third-order valence-corrected chi connectivity index (χ3v) is 6.66. The van der Waals surface area contributed by atoms with Gasteiger partial charge in [-0.3, -0.25) is 0 Å². The number of aliphatic hydroxyl groups excluding tert-OH is 6. The molecule has 0 spiro atoms. The minimum absolute atomic E-state index is 0.208. The van der Waals surface area contributed by atoms with E-state index in [1.807, 2.05) is 13.0 Å². The molecular weight excluding hydrogens is 520 g/mol. The van der Waals surface area contributed by atoms with Crippen molar-refractivity contribution in [3.63, 3.8) is 0 Å². The first-order valence-electron chi connectivity index (χ1n) is 14.1. The molecule has 40 heavy (non-hydrogen) atoms. The fraction of sp³-hybridized carbons (Fsp3) is 0.633. The normalized spacial score (nSPS) is 40.2. The number of hydrogen-bond donors (Lipinski definition) is 6. The topological polar surface area (TPSA) is 166 Å². The summed E-state index contributed by atoms with van der Waals surface area (Å²) >= 11 is 0. The predicted octanol–water partition coefficient (Wildman–Crippen LogP) is 1.74. The van der Waals surface area contributed by atoms with Gasteiger partial charge in [-0.25, -0.2) is 4.79 Å². The molecule has 6 N–H and O–H groups in total. The summed E-state index contributed by atoms with van der Waals surface area (Å²) in [5.74, 6) is -0.440. The molecule has 0 aromatic carbocycles. The second kappa shape index (κ2) is 19.1. The maximum atomic E-state index is 12.1. The molecule has 1 saturated heterocycles. The molecule has 1 fully saturated rings. The van der Waals surface area contributed by atoms with Crippen LogP contribution in [0.3, 0.4) is 0 Å². The number of carbonyl (C=O) groups is 1. The zero-order valence-corrected chi connectivity index (χ0v) is 23.1. The summed E-state index contributed by atoms with van der Waals surface area (Å²) in [6.45, 7) is 1.29. The van der Waals surface area contributed by atoms with E-state index in [-0.39, 0.29) is 12.5 Å². The van der Waals surface area contributed by atoms with E-state index < -0.39 is 61.6 Å².